The van der Waals surface area contributed by atoms with Crippen LogP contribution in [0.1, 0.15) is 25.3 Å². The Balaban J connectivity index is 2.24. The van der Waals surface area contributed by atoms with Crippen LogP contribution in [0.25, 0.3) is 0 Å². The first kappa shape index (κ1) is 16.0. The highest BCUT2D eigenvalue weighted by Gasteiger charge is 2.37. The Morgan fingerprint density at radius 3 is 2.52 bits per heavy atom. The molecule has 1 unspecified atom stereocenters. The maximum absolute atomic E-state index is 14.4. The summed E-state index contributed by atoms with van der Waals surface area (Å²) < 4.78 is 39.6. The molecule has 1 heterocycles. The third kappa shape index (κ3) is 3.84. The minimum absolute atomic E-state index is 0.219. The summed E-state index contributed by atoms with van der Waals surface area (Å²) in [6.45, 7) is 2.19. The van der Waals surface area contributed by atoms with Crippen LogP contribution in [0.3, 0.4) is 0 Å². The number of benzene rings is 1. The Labute approximate surface area is 129 Å². The highest BCUT2D eigenvalue weighted by atomic mass is 79.9. The zero-order valence-corrected chi connectivity index (χ0v) is 13.0. The van der Waals surface area contributed by atoms with E-state index >= 15 is 0 Å². The van der Waals surface area contributed by atoms with Crippen molar-refractivity contribution >= 4 is 21.9 Å². The van der Waals surface area contributed by atoms with E-state index in [1.54, 1.807) is 0 Å². The van der Waals surface area contributed by atoms with Gasteiger partial charge in [-0.3, -0.25) is 4.79 Å². The number of ether oxygens (including phenoxy) is 2. The molecule has 1 atom stereocenters. The lowest BCUT2D eigenvalue weighted by atomic mass is 9.94. The van der Waals surface area contributed by atoms with Crippen LogP contribution in [-0.4, -0.2) is 24.3 Å². The van der Waals surface area contributed by atoms with Crippen molar-refractivity contribution in [3.8, 4) is 11.5 Å². The van der Waals surface area contributed by atoms with Crippen molar-refractivity contribution in [3.63, 3.8) is 0 Å². The van der Waals surface area contributed by atoms with E-state index in [-0.39, 0.29) is 22.2 Å². The third-order valence-electron chi connectivity index (χ3n) is 3.15. The molecule has 0 bridgehead atoms. The summed E-state index contributed by atoms with van der Waals surface area (Å²) in [7, 11) is 0. The van der Waals surface area contributed by atoms with Crippen molar-refractivity contribution in [2.75, 3.05) is 13.2 Å². The third-order valence-corrected chi connectivity index (χ3v) is 3.81. The molecule has 2 rings (SSSR count). The lowest BCUT2D eigenvalue weighted by Gasteiger charge is -2.24. The van der Waals surface area contributed by atoms with E-state index in [1.165, 1.54) is 19.1 Å². The molecule has 0 amide bonds. The molecule has 1 N–H and O–H groups in total. The van der Waals surface area contributed by atoms with Gasteiger partial charge in [0.05, 0.1) is 0 Å². The van der Waals surface area contributed by atoms with Crippen molar-refractivity contribution in [3.05, 3.63) is 22.2 Å². The normalized spacial score (nSPS) is 15.6. The fourth-order valence-electron chi connectivity index (χ4n) is 2.26. The molecule has 0 fully saturated rings. The quantitative estimate of drug-likeness (QED) is 0.862. The lowest BCUT2D eigenvalue weighted by Crippen LogP contribution is -2.21. The number of hydrogen-bond acceptors (Lipinski definition) is 3. The van der Waals surface area contributed by atoms with Gasteiger partial charge < -0.3 is 14.6 Å². The Morgan fingerprint density at radius 1 is 1.38 bits per heavy atom. The van der Waals surface area contributed by atoms with Gasteiger partial charge in [0, 0.05) is 22.9 Å². The number of carbonyl (C=O) groups is 1. The van der Waals surface area contributed by atoms with Crippen LogP contribution in [-0.2, 0) is 10.7 Å². The second-order valence-electron chi connectivity index (χ2n) is 5.09. The van der Waals surface area contributed by atoms with Crippen molar-refractivity contribution in [1.82, 2.24) is 0 Å². The van der Waals surface area contributed by atoms with E-state index < -0.39 is 24.2 Å². The van der Waals surface area contributed by atoms with E-state index in [0.717, 1.165) is 0 Å². The number of hydrogen-bond donors (Lipinski definition) is 1. The first-order valence-electron chi connectivity index (χ1n) is 6.49. The van der Waals surface area contributed by atoms with Crippen LogP contribution in [0, 0.1) is 5.92 Å². The van der Waals surface area contributed by atoms with E-state index in [1.807, 2.05) is 0 Å². The van der Waals surface area contributed by atoms with E-state index in [9.17, 15) is 13.6 Å². The molecule has 0 saturated carbocycles. The molecule has 1 aliphatic rings. The predicted octanol–water partition coefficient (Wildman–Crippen LogP) is 3.81. The summed E-state index contributed by atoms with van der Waals surface area (Å²) in [4.78, 5) is 10.6. The van der Waals surface area contributed by atoms with E-state index in [4.69, 9.17) is 14.6 Å². The van der Waals surface area contributed by atoms with Gasteiger partial charge in [-0.2, -0.15) is 0 Å². The number of fused-ring (bicyclic) bond motifs is 1. The highest BCUT2D eigenvalue weighted by Crippen LogP contribution is 2.44. The van der Waals surface area contributed by atoms with E-state index in [0.29, 0.717) is 19.0 Å². The number of aliphatic carboxylic acids is 1. The second kappa shape index (κ2) is 6.17. The Morgan fingerprint density at radius 2 is 1.95 bits per heavy atom. The summed E-state index contributed by atoms with van der Waals surface area (Å²) in [5.74, 6) is -4.17. The molecule has 21 heavy (non-hydrogen) atoms. The highest BCUT2D eigenvalue weighted by molar-refractivity contribution is 9.10. The average Bonchev–Trinajstić information content (AvgIpc) is 2.35. The molecular weight excluding hydrogens is 350 g/mol. The minimum atomic E-state index is -3.15. The topological polar surface area (TPSA) is 55.8 Å². The molecule has 116 valence electrons. The Hall–Kier alpha value is -1.37. The van der Waals surface area contributed by atoms with Crippen molar-refractivity contribution in [1.29, 1.82) is 0 Å². The minimum Gasteiger partial charge on any atom is -0.486 e. The van der Waals surface area contributed by atoms with Crippen LogP contribution in [0.15, 0.2) is 16.6 Å². The summed E-state index contributed by atoms with van der Waals surface area (Å²) in [6.07, 6.45) is -0.838. The second-order valence-corrected chi connectivity index (χ2v) is 5.94. The smallest absolute Gasteiger partial charge is 0.303 e. The Bertz CT molecular complexity index is 548. The van der Waals surface area contributed by atoms with Gasteiger partial charge in [0.2, 0.25) is 0 Å². The van der Waals surface area contributed by atoms with Crippen molar-refractivity contribution < 1.29 is 28.2 Å². The van der Waals surface area contributed by atoms with Crippen LogP contribution in [0.2, 0.25) is 0 Å². The zero-order chi connectivity index (χ0) is 15.6. The fourth-order valence-corrected chi connectivity index (χ4v) is 2.87. The number of rotatable bonds is 5. The predicted molar refractivity (Wildman–Crippen MR) is 75.1 cm³/mol. The summed E-state index contributed by atoms with van der Waals surface area (Å²) in [6, 6.07) is 2.71. The standard InChI is InChI=1S/C14H15BrF2O4/c1-8(4-13(18)19)7-14(16,17)9-5-11-12(6-10(9)15)21-3-2-20-11/h5-6,8H,2-4,7H2,1H3,(H,18,19). The SMILES string of the molecule is CC(CC(=O)O)CC(F)(F)c1cc2c(cc1Br)OCCO2. The number of carboxylic acids is 1. The van der Waals surface area contributed by atoms with Gasteiger partial charge >= 0.3 is 5.97 Å². The van der Waals surface area contributed by atoms with Gasteiger partial charge in [-0.1, -0.05) is 22.9 Å². The van der Waals surface area contributed by atoms with Gasteiger partial charge in [0.1, 0.15) is 13.2 Å². The van der Waals surface area contributed by atoms with Crippen LogP contribution < -0.4 is 9.47 Å². The number of carboxylic acid groups (broad SMARTS) is 1. The molecule has 0 spiro atoms. The molecule has 1 aliphatic heterocycles. The molecular formula is C14H15BrF2O4. The van der Waals surface area contributed by atoms with Gasteiger partial charge in [-0.25, -0.2) is 8.78 Å². The Kier molecular flexibility index (Phi) is 4.70. The first-order valence-corrected chi connectivity index (χ1v) is 7.28. The van der Waals surface area contributed by atoms with Crippen LogP contribution in [0.4, 0.5) is 8.78 Å². The fraction of sp³-hybridized carbons (Fsp3) is 0.500. The zero-order valence-electron chi connectivity index (χ0n) is 11.4. The summed E-state index contributed by atoms with van der Waals surface area (Å²) >= 11 is 3.12. The first-order chi connectivity index (χ1) is 9.79. The van der Waals surface area contributed by atoms with Crippen molar-refractivity contribution in [2.45, 2.75) is 25.7 Å². The average molecular weight is 365 g/mol. The van der Waals surface area contributed by atoms with Crippen LogP contribution in [0.5, 0.6) is 11.5 Å². The van der Waals surface area contributed by atoms with Gasteiger partial charge in [0.15, 0.2) is 11.5 Å². The molecule has 1 aromatic rings. The van der Waals surface area contributed by atoms with Gasteiger partial charge in [0.25, 0.3) is 5.92 Å². The number of alkyl halides is 2. The molecule has 0 radical (unpaired) electrons. The molecule has 0 saturated heterocycles. The van der Waals surface area contributed by atoms with Gasteiger partial charge in [-0.15, -0.1) is 0 Å². The molecule has 1 aromatic carbocycles. The summed E-state index contributed by atoms with van der Waals surface area (Å²) in [5, 5.41) is 8.67. The lowest BCUT2D eigenvalue weighted by molar-refractivity contribution is -0.138. The number of halogens is 3. The maximum Gasteiger partial charge on any atom is 0.303 e. The van der Waals surface area contributed by atoms with E-state index in [2.05, 4.69) is 15.9 Å². The summed E-state index contributed by atoms with van der Waals surface area (Å²) in [5.41, 5.74) is -0.219. The van der Waals surface area contributed by atoms with Gasteiger partial charge in [-0.05, 0) is 18.1 Å². The maximum atomic E-state index is 14.4. The molecule has 0 aromatic heterocycles. The van der Waals surface area contributed by atoms with Crippen LogP contribution >= 0.6 is 15.9 Å². The molecule has 4 nitrogen and oxygen atoms in total. The molecule has 0 aliphatic carbocycles. The molecule has 7 heteroatoms. The monoisotopic (exact) mass is 364 g/mol. The largest absolute Gasteiger partial charge is 0.486 e. The van der Waals surface area contributed by atoms with Crippen molar-refractivity contribution in [2.24, 2.45) is 5.92 Å².